The Kier molecular flexibility index (Phi) is 5.46. The fourth-order valence-electron chi connectivity index (χ4n) is 2.94. The third kappa shape index (κ3) is 4.26. The van der Waals surface area contributed by atoms with Crippen LogP contribution in [0.1, 0.15) is 60.3 Å². The first kappa shape index (κ1) is 15.0. The Labute approximate surface area is 107 Å². The summed E-state index contributed by atoms with van der Waals surface area (Å²) in [6, 6.07) is 0.373. The summed E-state index contributed by atoms with van der Waals surface area (Å²) in [4.78, 5) is 2.50. The molecule has 0 amide bonds. The fourth-order valence-corrected chi connectivity index (χ4v) is 2.94. The summed E-state index contributed by atoms with van der Waals surface area (Å²) in [5, 5.41) is 10.2. The first-order valence-corrected chi connectivity index (χ1v) is 7.31. The largest absolute Gasteiger partial charge is 0.391 e. The van der Waals surface area contributed by atoms with E-state index in [9.17, 15) is 5.11 Å². The predicted molar refractivity (Wildman–Crippen MR) is 74.1 cm³/mol. The molecule has 0 spiro atoms. The second-order valence-corrected chi connectivity index (χ2v) is 6.64. The molecule has 0 radical (unpaired) electrons. The van der Waals surface area contributed by atoms with Gasteiger partial charge in [-0.25, -0.2) is 0 Å². The monoisotopic (exact) mass is 241 g/mol. The summed E-state index contributed by atoms with van der Waals surface area (Å²) in [6.45, 7) is 13.6. The number of rotatable bonds is 5. The summed E-state index contributed by atoms with van der Waals surface area (Å²) in [7, 11) is 0. The van der Waals surface area contributed by atoms with Crippen LogP contribution >= 0.6 is 0 Å². The van der Waals surface area contributed by atoms with E-state index in [1.165, 1.54) is 6.42 Å². The number of nitrogens with zero attached hydrogens (tertiary/aromatic N) is 1. The highest BCUT2D eigenvalue weighted by atomic mass is 16.3. The summed E-state index contributed by atoms with van der Waals surface area (Å²) >= 11 is 0. The van der Waals surface area contributed by atoms with Gasteiger partial charge in [-0.15, -0.1) is 0 Å². The number of aliphatic hydroxyl groups is 1. The maximum absolute atomic E-state index is 10.2. The molecule has 1 saturated carbocycles. The number of aliphatic hydroxyl groups excluding tert-OH is 1. The van der Waals surface area contributed by atoms with Gasteiger partial charge in [-0.05, 0) is 37.1 Å². The molecule has 3 atom stereocenters. The lowest BCUT2D eigenvalue weighted by Gasteiger charge is -2.44. The molecule has 0 aliphatic heterocycles. The maximum atomic E-state index is 10.2. The summed E-state index contributed by atoms with van der Waals surface area (Å²) in [5.41, 5.74) is 0.396. The van der Waals surface area contributed by atoms with Gasteiger partial charge in [0.2, 0.25) is 0 Å². The predicted octanol–water partition coefficient (Wildman–Crippen LogP) is 3.29. The van der Waals surface area contributed by atoms with Crippen molar-refractivity contribution >= 4 is 0 Å². The molecule has 3 unspecified atom stereocenters. The molecule has 0 aromatic heterocycles. The zero-order valence-corrected chi connectivity index (χ0v) is 12.4. The first-order valence-electron chi connectivity index (χ1n) is 7.31. The van der Waals surface area contributed by atoms with Gasteiger partial charge in [-0.1, -0.05) is 41.0 Å². The molecule has 2 nitrogen and oxygen atoms in total. The molecule has 17 heavy (non-hydrogen) atoms. The molecule has 1 fully saturated rings. The number of likely N-dealkylation sites (N-methyl/N-ethyl adjacent to an activating group) is 1. The number of hydrogen-bond acceptors (Lipinski definition) is 2. The Hall–Kier alpha value is -0.0800. The van der Waals surface area contributed by atoms with Crippen LogP contribution in [0.4, 0.5) is 0 Å². The van der Waals surface area contributed by atoms with E-state index in [4.69, 9.17) is 0 Å². The standard InChI is InChI=1S/C15H31NO/c1-6-12(3)11-16(7-2)13-10-15(4,5)9-8-14(13)17/h12-14,17H,6-11H2,1-5H3. The summed E-state index contributed by atoms with van der Waals surface area (Å²) in [6.07, 6.45) is 4.37. The Morgan fingerprint density at radius 3 is 2.53 bits per heavy atom. The van der Waals surface area contributed by atoms with E-state index in [0.29, 0.717) is 11.5 Å². The van der Waals surface area contributed by atoms with Crippen molar-refractivity contribution in [2.75, 3.05) is 13.1 Å². The highest BCUT2D eigenvalue weighted by molar-refractivity contribution is 4.90. The van der Waals surface area contributed by atoms with E-state index < -0.39 is 0 Å². The molecule has 1 N–H and O–H groups in total. The quantitative estimate of drug-likeness (QED) is 0.798. The zero-order valence-electron chi connectivity index (χ0n) is 12.4. The van der Waals surface area contributed by atoms with Gasteiger partial charge in [0.15, 0.2) is 0 Å². The second-order valence-electron chi connectivity index (χ2n) is 6.64. The molecule has 1 aliphatic rings. The molecule has 1 aliphatic carbocycles. The van der Waals surface area contributed by atoms with Gasteiger partial charge in [0.25, 0.3) is 0 Å². The van der Waals surface area contributed by atoms with Crippen LogP contribution in [0, 0.1) is 11.3 Å². The SMILES string of the molecule is CCC(C)CN(CC)C1CC(C)(C)CCC1O. The van der Waals surface area contributed by atoms with Crippen LogP contribution in [0.5, 0.6) is 0 Å². The minimum Gasteiger partial charge on any atom is -0.391 e. The van der Waals surface area contributed by atoms with Crippen LogP contribution in [0.15, 0.2) is 0 Å². The van der Waals surface area contributed by atoms with Crippen LogP contribution in [-0.2, 0) is 0 Å². The zero-order chi connectivity index (χ0) is 13.1. The lowest BCUT2D eigenvalue weighted by atomic mass is 9.73. The van der Waals surface area contributed by atoms with Gasteiger partial charge >= 0.3 is 0 Å². The van der Waals surface area contributed by atoms with Gasteiger partial charge in [0, 0.05) is 12.6 Å². The van der Waals surface area contributed by atoms with Gasteiger partial charge in [0.05, 0.1) is 6.10 Å². The van der Waals surface area contributed by atoms with E-state index in [0.717, 1.165) is 38.3 Å². The van der Waals surface area contributed by atoms with Crippen molar-refractivity contribution in [3.63, 3.8) is 0 Å². The first-order chi connectivity index (χ1) is 7.89. The van der Waals surface area contributed by atoms with Crippen LogP contribution in [-0.4, -0.2) is 35.2 Å². The number of hydrogen-bond donors (Lipinski definition) is 1. The average molecular weight is 241 g/mol. The normalized spacial score (nSPS) is 30.5. The van der Waals surface area contributed by atoms with Crippen molar-refractivity contribution in [3.8, 4) is 0 Å². The van der Waals surface area contributed by atoms with E-state index in [1.807, 2.05) is 0 Å². The van der Waals surface area contributed by atoms with E-state index in [2.05, 4.69) is 39.5 Å². The van der Waals surface area contributed by atoms with Gasteiger partial charge in [0.1, 0.15) is 0 Å². The van der Waals surface area contributed by atoms with E-state index >= 15 is 0 Å². The van der Waals surface area contributed by atoms with Crippen molar-refractivity contribution in [2.24, 2.45) is 11.3 Å². The van der Waals surface area contributed by atoms with Gasteiger partial charge < -0.3 is 5.11 Å². The lowest BCUT2D eigenvalue weighted by molar-refractivity contribution is -0.0200. The van der Waals surface area contributed by atoms with E-state index in [-0.39, 0.29) is 6.10 Å². The van der Waals surface area contributed by atoms with Crippen LogP contribution in [0.2, 0.25) is 0 Å². The minimum atomic E-state index is -0.118. The molecule has 2 heteroatoms. The molecular formula is C15H31NO. The Bertz CT molecular complexity index is 227. The van der Waals surface area contributed by atoms with Crippen molar-refractivity contribution < 1.29 is 5.11 Å². The Balaban J connectivity index is 2.65. The van der Waals surface area contributed by atoms with Crippen LogP contribution < -0.4 is 0 Å². The van der Waals surface area contributed by atoms with Crippen LogP contribution in [0.25, 0.3) is 0 Å². The second kappa shape index (κ2) is 6.19. The third-order valence-electron chi connectivity index (χ3n) is 4.44. The highest BCUT2D eigenvalue weighted by Gasteiger charge is 2.36. The Morgan fingerprint density at radius 2 is 2.00 bits per heavy atom. The molecule has 0 bridgehead atoms. The van der Waals surface area contributed by atoms with Gasteiger partial charge in [-0.2, -0.15) is 0 Å². The summed E-state index contributed by atoms with van der Waals surface area (Å²) in [5.74, 6) is 0.729. The summed E-state index contributed by atoms with van der Waals surface area (Å²) < 4.78 is 0. The lowest BCUT2D eigenvalue weighted by Crippen LogP contribution is -2.50. The molecule has 0 heterocycles. The van der Waals surface area contributed by atoms with Gasteiger partial charge in [-0.3, -0.25) is 4.90 Å². The molecule has 0 aromatic carbocycles. The smallest absolute Gasteiger partial charge is 0.0695 e. The van der Waals surface area contributed by atoms with Crippen molar-refractivity contribution in [1.82, 2.24) is 4.90 Å². The van der Waals surface area contributed by atoms with E-state index in [1.54, 1.807) is 0 Å². The molecule has 0 aromatic rings. The molecular weight excluding hydrogens is 210 g/mol. The fraction of sp³-hybridized carbons (Fsp3) is 1.00. The average Bonchev–Trinajstić information content (AvgIpc) is 2.29. The Morgan fingerprint density at radius 1 is 1.35 bits per heavy atom. The van der Waals surface area contributed by atoms with Crippen LogP contribution in [0.3, 0.4) is 0 Å². The topological polar surface area (TPSA) is 23.5 Å². The van der Waals surface area contributed by atoms with Crippen molar-refractivity contribution in [3.05, 3.63) is 0 Å². The molecule has 1 rings (SSSR count). The molecule has 102 valence electrons. The van der Waals surface area contributed by atoms with Crippen molar-refractivity contribution in [1.29, 1.82) is 0 Å². The maximum Gasteiger partial charge on any atom is 0.0695 e. The van der Waals surface area contributed by atoms with Crippen molar-refractivity contribution in [2.45, 2.75) is 72.4 Å². The third-order valence-corrected chi connectivity index (χ3v) is 4.44. The highest BCUT2D eigenvalue weighted by Crippen LogP contribution is 2.37. The minimum absolute atomic E-state index is 0.118. The molecule has 0 saturated heterocycles.